The number of halogens is 1. The minimum Gasteiger partial charge on any atom is -0.487 e. The van der Waals surface area contributed by atoms with Gasteiger partial charge in [0.1, 0.15) is 18.0 Å². The monoisotopic (exact) mass is 711 g/mol. The van der Waals surface area contributed by atoms with Gasteiger partial charge in [0, 0.05) is 43.9 Å². The number of methoxy groups -OCH3 is 1. The van der Waals surface area contributed by atoms with Crippen LogP contribution in [-0.2, 0) is 32.5 Å². The van der Waals surface area contributed by atoms with Gasteiger partial charge in [-0.2, -0.15) is 0 Å². The Morgan fingerprint density at radius 3 is 2.59 bits per heavy atom. The molecule has 1 aliphatic carbocycles. The highest BCUT2D eigenvalue weighted by Crippen LogP contribution is 2.49. The van der Waals surface area contributed by atoms with Crippen LogP contribution in [0.15, 0.2) is 48.6 Å². The molecular weight excluding hydrogens is 662 g/mol. The number of allylic oxidation sites excluding steroid dienone is 1. The molecule has 2 aromatic carbocycles. The fourth-order valence-corrected chi connectivity index (χ4v) is 9.91. The Hall–Kier alpha value is -2.63. The first-order valence-corrected chi connectivity index (χ1v) is 19.9. The van der Waals surface area contributed by atoms with Crippen molar-refractivity contribution in [2.45, 2.75) is 81.8 Å². The highest BCUT2D eigenvalue weighted by molar-refractivity contribution is 7.90. The van der Waals surface area contributed by atoms with Gasteiger partial charge in [0.25, 0.3) is 5.91 Å². The number of aryl methyl sites for hydroxylation is 1. The van der Waals surface area contributed by atoms with E-state index in [9.17, 15) is 13.2 Å². The molecule has 4 aliphatic heterocycles. The third kappa shape index (κ3) is 6.76. The second-order valence-electron chi connectivity index (χ2n) is 15.1. The number of benzene rings is 2. The maximum Gasteiger partial charge on any atom is 0.264 e. The number of carbonyl (C=O) groups is 1. The summed E-state index contributed by atoms with van der Waals surface area (Å²) in [6, 6.07) is 11.3. The molecule has 3 fully saturated rings. The van der Waals surface area contributed by atoms with Gasteiger partial charge in [-0.3, -0.25) is 9.69 Å². The van der Waals surface area contributed by atoms with Gasteiger partial charge in [-0.1, -0.05) is 36.7 Å². The van der Waals surface area contributed by atoms with Crippen molar-refractivity contribution < 1.29 is 27.4 Å². The predicted octanol–water partition coefficient (Wildman–Crippen LogP) is 5.99. The van der Waals surface area contributed by atoms with Crippen LogP contribution in [0.2, 0.25) is 5.02 Å². The van der Waals surface area contributed by atoms with Gasteiger partial charge < -0.3 is 19.1 Å². The van der Waals surface area contributed by atoms with E-state index in [-0.39, 0.29) is 17.4 Å². The van der Waals surface area contributed by atoms with E-state index in [1.807, 2.05) is 44.4 Å². The van der Waals surface area contributed by atoms with Crippen LogP contribution in [0.3, 0.4) is 0 Å². The van der Waals surface area contributed by atoms with Gasteiger partial charge in [0.15, 0.2) is 0 Å². The molecule has 1 spiro atoms. The van der Waals surface area contributed by atoms with Crippen molar-refractivity contribution in [1.82, 2.24) is 9.62 Å². The summed E-state index contributed by atoms with van der Waals surface area (Å²) in [6.45, 7) is 8.88. The van der Waals surface area contributed by atoms with Gasteiger partial charge in [0.05, 0.1) is 29.7 Å². The van der Waals surface area contributed by atoms with Gasteiger partial charge in [-0.15, -0.1) is 0 Å². The molecule has 5 aliphatic rings. The summed E-state index contributed by atoms with van der Waals surface area (Å²) in [7, 11) is -2.11. The summed E-state index contributed by atoms with van der Waals surface area (Å²) in [6.07, 6.45) is 11.0. The Labute approximate surface area is 296 Å². The third-order valence-corrected chi connectivity index (χ3v) is 14.4. The van der Waals surface area contributed by atoms with Crippen LogP contribution in [0.1, 0.15) is 73.9 Å². The lowest BCUT2D eigenvalue weighted by Crippen LogP contribution is -2.73. The summed E-state index contributed by atoms with van der Waals surface area (Å²) in [4.78, 5) is 18.5. The van der Waals surface area contributed by atoms with Crippen LogP contribution < -0.4 is 14.4 Å². The van der Waals surface area contributed by atoms with E-state index < -0.39 is 26.8 Å². The average Bonchev–Trinajstić information content (AvgIpc) is 3.06. The second-order valence-corrected chi connectivity index (χ2v) is 17.5. The normalized spacial score (nSPS) is 32.1. The molecular formula is C38H50ClN3O6S. The van der Waals surface area contributed by atoms with Crippen LogP contribution in [0.4, 0.5) is 5.69 Å². The Bertz CT molecular complexity index is 1690. The Kier molecular flexibility index (Phi) is 9.82. The number of ether oxygens (including phenoxy) is 3. The molecule has 2 aromatic rings. The zero-order valence-corrected chi connectivity index (χ0v) is 30.5. The zero-order valence-electron chi connectivity index (χ0n) is 29.0. The molecule has 0 aromatic heterocycles. The van der Waals surface area contributed by atoms with Crippen LogP contribution in [0.5, 0.6) is 5.75 Å². The average molecular weight is 712 g/mol. The molecule has 0 unspecified atom stereocenters. The second kappa shape index (κ2) is 13.8. The first kappa shape index (κ1) is 34.8. The molecule has 0 radical (unpaired) electrons. The molecule has 49 heavy (non-hydrogen) atoms. The van der Waals surface area contributed by atoms with Crippen molar-refractivity contribution in [3.8, 4) is 5.75 Å². The number of nitrogens with zero attached hydrogens (tertiary/aromatic N) is 2. The van der Waals surface area contributed by atoms with E-state index in [0.29, 0.717) is 30.3 Å². The largest absolute Gasteiger partial charge is 0.487 e. The molecule has 2 saturated heterocycles. The van der Waals surface area contributed by atoms with Gasteiger partial charge in [-0.05, 0) is 111 Å². The van der Waals surface area contributed by atoms with E-state index in [1.165, 1.54) is 5.56 Å². The quantitative estimate of drug-likeness (QED) is 0.388. The number of carbonyl (C=O) groups excluding carboxylic acids is 1. The number of sulfonamides is 1. The molecule has 1 amide bonds. The number of anilines is 1. The van der Waals surface area contributed by atoms with Crippen LogP contribution in [0.25, 0.3) is 0 Å². The van der Waals surface area contributed by atoms with Crippen molar-refractivity contribution in [2.75, 3.05) is 51.4 Å². The van der Waals surface area contributed by atoms with E-state index in [2.05, 4.69) is 26.7 Å². The minimum atomic E-state index is -3.95. The molecule has 1 N–H and O–H groups in total. The number of hydrogen-bond acceptors (Lipinski definition) is 8. The van der Waals surface area contributed by atoms with Gasteiger partial charge in [0.2, 0.25) is 10.0 Å². The summed E-state index contributed by atoms with van der Waals surface area (Å²) < 4.78 is 48.2. The van der Waals surface area contributed by atoms with Gasteiger partial charge in [-0.25, -0.2) is 13.1 Å². The van der Waals surface area contributed by atoms with Crippen molar-refractivity contribution in [1.29, 1.82) is 0 Å². The fourth-order valence-electron chi connectivity index (χ4n) is 8.43. The number of hydrogen-bond donors (Lipinski definition) is 1. The van der Waals surface area contributed by atoms with E-state index in [4.69, 9.17) is 25.8 Å². The van der Waals surface area contributed by atoms with Crippen molar-refractivity contribution in [2.24, 2.45) is 17.8 Å². The molecule has 7 rings (SSSR count). The van der Waals surface area contributed by atoms with E-state index >= 15 is 0 Å². The van der Waals surface area contributed by atoms with Crippen LogP contribution in [-0.4, -0.2) is 82.1 Å². The lowest BCUT2D eigenvalue weighted by molar-refractivity contribution is -0.215. The maximum absolute atomic E-state index is 13.6. The SMILES string of the molecule is CO[C@@]1(CN2CCC23COC3)/C=C/C[C@H](C)[C@@H](C)S(=O)(=O)NC(=O)c2ccc3c(c2)N(CCCCc2cc(Cl)ccc2CO3)C[C@@H]2CC[C@H]21. The fraction of sp³-hybridized carbons (Fsp3) is 0.605. The number of rotatable bonds is 3. The Morgan fingerprint density at radius 2 is 1.90 bits per heavy atom. The number of fused-ring (bicyclic) bond motifs is 3. The first-order chi connectivity index (χ1) is 23.5. The molecule has 1 saturated carbocycles. The van der Waals surface area contributed by atoms with Crippen molar-refractivity contribution in [3.63, 3.8) is 0 Å². The first-order valence-electron chi connectivity index (χ1n) is 17.9. The molecule has 5 atom stereocenters. The molecule has 9 nitrogen and oxygen atoms in total. The topological polar surface area (TPSA) is 97.4 Å². The lowest BCUT2D eigenvalue weighted by Gasteiger charge is -2.61. The molecule has 266 valence electrons. The minimum absolute atomic E-state index is 0.120. The van der Waals surface area contributed by atoms with Crippen molar-refractivity contribution >= 4 is 33.2 Å². The Balaban J connectivity index is 1.27. The maximum atomic E-state index is 13.6. The summed E-state index contributed by atoms with van der Waals surface area (Å²) >= 11 is 6.39. The molecule has 4 heterocycles. The van der Waals surface area contributed by atoms with E-state index in [0.717, 1.165) is 94.2 Å². The summed E-state index contributed by atoms with van der Waals surface area (Å²) in [5, 5.41) is -0.0588. The van der Waals surface area contributed by atoms with Crippen molar-refractivity contribution in [3.05, 3.63) is 70.3 Å². The summed E-state index contributed by atoms with van der Waals surface area (Å²) in [5.74, 6) is 0.465. The van der Waals surface area contributed by atoms with Crippen LogP contribution in [0, 0.1) is 17.8 Å². The third-order valence-electron chi connectivity index (χ3n) is 12.2. The van der Waals surface area contributed by atoms with Crippen LogP contribution >= 0.6 is 11.6 Å². The Morgan fingerprint density at radius 1 is 1.06 bits per heavy atom. The smallest absolute Gasteiger partial charge is 0.264 e. The van der Waals surface area contributed by atoms with E-state index in [1.54, 1.807) is 13.0 Å². The zero-order chi connectivity index (χ0) is 34.4. The number of nitrogens with one attached hydrogen (secondary N) is 1. The highest BCUT2D eigenvalue weighted by atomic mass is 35.5. The number of amides is 1. The predicted molar refractivity (Wildman–Crippen MR) is 192 cm³/mol. The molecule has 11 heteroatoms. The number of likely N-dealkylation sites (tertiary alicyclic amines) is 1. The standard InChI is InChI=1S/C38H50ClN3O6S/c1-26-7-6-15-38(46-3,23-42-18-16-37(42)24-47-25-37)33-13-10-30(33)21-41-17-5-4-8-28-19-32(39)12-9-31(28)22-48-35-14-11-29(20-34(35)41)36(43)40-49(44,45)27(26)2/h6,9,11-12,14-15,19-20,26-27,30,33H,4-5,7-8,10,13,16-18,21-25H2,1-3H3,(H,40,43)/b15-6+/t26-,27+,30-,33+,38+/m0/s1. The van der Waals surface area contributed by atoms with Gasteiger partial charge >= 0.3 is 0 Å². The summed E-state index contributed by atoms with van der Waals surface area (Å²) in [5.41, 5.74) is 2.99. The molecule has 2 bridgehead atoms. The highest BCUT2D eigenvalue weighted by Gasteiger charge is 2.56. The lowest BCUT2D eigenvalue weighted by atomic mass is 9.63.